The number of nitrogens with one attached hydrogen (secondary N) is 1. The number of hydrogen-bond acceptors (Lipinski definition) is 5. The minimum atomic E-state index is -0.920. The highest BCUT2D eigenvalue weighted by atomic mass is 35.5. The summed E-state index contributed by atoms with van der Waals surface area (Å²) in [6.07, 6.45) is 1.36. The van der Waals surface area contributed by atoms with Crippen LogP contribution in [0.3, 0.4) is 0 Å². The lowest BCUT2D eigenvalue weighted by Crippen LogP contribution is -2.75. The second-order valence-corrected chi connectivity index (χ2v) is 7.83. The molecule has 0 saturated heterocycles. The van der Waals surface area contributed by atoms with E-state index in [0.717, 1.165) is 23.3 Å². The molecule has 0 radical (unpaired) electrons. The molecule has 1 fully saturated rings. The molecule has 2 atom stereocenters. The van der Waals surface area contributed by atoms with Gasteiger partial charge in [0, 0.05) is 50.7 Å². The van der Waals surface area contributed by atoms with Crippen molar-refractivity contribution >= 4 is 18.3 Å². The summed E-state index contributed by atoms with van der Waals surface area (Å²) < 4.78 is 16.6. The summed E-state index contributed by atoms with van der Waals surface area (Å²) in [5.74, 6) is 0.645. The molecule has 1 aliphatic carbocycles. The van der Waals surface area contributed by atoms with E-state index in [2.05, 4.69) is 5.32 Å². The van der Waals surface area contributed by atoms with Gasteiger partial charge in [0.05, 0.1) is 12.7 Å². The molecule has 0 bridgehead atoms. The Kier molecular flexibility index (Phi) is 9.21. The van der Waals surface area contributed by atoms with Crippen molar-refractivity contribution in [3.8, 4) is 5.75 Å². The molecule has 28 heavy (non-hydrogen) atoms. The number of nitrogens with two attached hydrogens (primary N) is 1. The summed E-state index contributed by atoms with van der Waals surface area (Å²) in [4.78, 5) is 12.8. The van der Waals surface area contributed by atoms with Gasteiger partial charge in [-0.3, -0.25) is 4.79 Å². The van der Waals surface area contributed by atoms with Gasteiger partial charge in [-0.25, -0.2) is 0 Å². The van der Waals surface area contributed by atoms with Crippen molar-refractivity contribution in [3.63, 3.8) is 0 Å². The number of aryl methyl sites for hydroxylation is 1. The fourth-order valence-corrected chi connectivity index (χ4v) is 3.48. The number of rotatable bonds is 10. The molecule has 1 saturated carbocycles. The number of hydrogen-bond donors (Lipinski definition) is 2. The zero-order chi connectivity index (χ0) is 20.1. The Bertz CT molecular complexity index is 653. The summed E-state index contributed by atoms with van der Waals surface area (Å²) >= 11 is 0. The Labute approximate surface area is 174 Å². The Balaban J connectivity index is 0.00000392. The predicted molar refractivity (Wildman–Crippen MR) is 113 cm³/mol. The SMILES string of the molecule is CCOC1CC(N)(C(=O)NCc2ccc(C)cc2OCCCOC)C1(C)C.Cl. The zero-order valence-electron chi connectivity index (χ0n) is 17.7. The van der Waals surface area contributed by atoms with Gasteiger partial charge in [-0.1, -0.05) is 26.0 Å². The van der Waals surface area contributed by atoms with E-state index in [1.807, 2.05) is 45.9 Å². The quantitative estimate of drug-likeness (QED) is 0.575. The van der Waals surface area contributed by atoms with Crippen LogP contribution in [-0.2, 0) is 20.8 Å². The number of carbonyl (C=O) groups excluding carboxylic acids is 1. The van der Waals surface area contributed by atoms with Gasteiger partial charge in [0.1, 0.15) is 11.3 Å². The number of halogens is 1. The first-order valence-corrected chi connectivity index (χ1v) is 9.66. The van der Waals surface area contributed by atoms with Gasteiger partial charge in [-0.15, -0.1) is 12.4 Å². The second-order valence-electron chi connectivity index (χ2n) is 7.83. The normalized spacial score (nSPS) is 22.7. The van der Waals surface area contributed by atoms with Crippen LogP contribution in [0.15, 0.2) is 18.2 Å². The van der Waals surface area contributed by atoms with Gasteiger partial charge in [0.25, 0.3) is 0 Å². The van der Waals surface area contributed by atoms with E-state index in [9.17, 15) is 4.79 Å². The number of amides is 1. The average molecular weight is 415 g/mol. The monoisotopic (exact) mass is 414 g/mol. The van der Waals surface area contributed by atoms with Crippen molar-refractivity contribution in [1.82, 2.24) is 5.32 Å². The molecule has 1 aliphatic rings. The molecule has 1 aromatic carbocycles. The van der Waals surface area contributed by atoms with E-state index < -0.39 is 11.0 Å². The molecule has 0 aromatic heterocycles. The van der Waals surface area contributed by atoms with Crippen molar-refractivity contribution in [2.24, 2.45) is 11.1 Å². The van der Waals surface area contributed by atoms with E-state index >= 15 is 0 Å². The third-order valence-corrected chi connectivity index (χ3v) is 5.65. The maximum atomic E-state index is 12.8. The third-order valence-electron chi connectivity index (χ3n) is 5.65. The third kappa shape index (κ3) is 5.17. The van der Waals surface area contributed by atoms with Crippen molar-refractivity contribution < 1.29 is 19.0 Å². The predicted octanol–water partition coefficient (Wildman–Crippen LogP) is 2.98. The molecule has 1 amide bonds. The van der Waals surface area contributed by atoms with Crippen LogP contribution in [0.2, 0.25) is 0 Å². The molecule has 0 spiro atoms. The maximum Gasteiger partial charge on any atom is 0.241 e. The lowest BCUT2D eigenvalue weighted by Gasteiger charge is -2.57. The minimum Gasteiger partial charge on any atom is -0.493 e. The highest BCUT2D eigenvalue weighted by molar-refractivity contribution is 5.88. The van der Waals surface area contributed by atoms with Crippen LogP contribution in [0.4, 0.5) is 0 Å². The van der Waals surface area contributed by atoms with Gasteiger partial charge in [-0.05, 0) is 25.5 Å². The number of methoxy groups -OCH3 is 1. The van der Waals surface area contributed by atoms with Gasteiger partial charge >= 0.3 is 0 Å². The molecule has 1 aromatic rings. The molecular weight excluding hydrogens is 380 g/mol. The highest BCUT2D eigenvalue weighted by Crippen LogP contribution is 2.49. The van der Waals surface area contributed by atoms with Crippen LogP contribution in [0.5, 0.6) is 5.75 Å². The minimum absolute atomic E-state index is 0. The largest absolute Gasteiger partial charge is 0.493 e. The van der Waals surface area contributed by atoms with Gasteiger partial charge in [-0.2, -0.15) is 0 Å². The molecule has 0 heterocycles. The summed E-state index contributed by atoms with van der Waals surface area (Å²) in [6.45, 7) is 10.2. The molecule has 2 rings (SSSR count). The Hall–Kier alpha value is -1.34. The van der Waals surface area contributed by atoms with Gasteiger partial charge in [0.2, 0.25) is 5.91 Å². The van der Waals surface area contributed by atoms with Crippen molar-refractivity contribution in [1.29, 1.82) is 0 Å². The fourth-order valence-electron chi connectivity index (χ4n) is 3.48. The van der Waals surface area contributed by atoms with E-state index in [1.165, 1.54) is 0 Å². The Morgan fingerprint density at radius 2 is 2.04 bits per heavy atom. The van der Waals surface area contributed by atoms with E-state index in [-0.39, 0.29) is 24.4 Å². The first-order chi connectivity index (χ1) is 12.8. The summed E-state index contributed by atoms with van der Waals surface area (Å²) in [5.41, 5.74) is 7.18. The lowest BCUT2D eigenvalue weighted by atomic mass is 9.54. The molecule has 6 nitrogen and oxygen atoms in total. The highest BCUT2D eigenvalue weighted by Gasteiger charge is 2.62. The Morgan fingerprint density at radius 1 is 1.32 bits per heavy atom. The number of benzene rings is 1. The summed E-state index contributed by atoms with van der Waals surface area (Å²) in [7, 11) is 1.67. The molecule has 2 unspecified atom stereocenters. The number of carbonyl (C=O) groups is 1. The second kappa shape index (κ2) is 10.4. The van der Waals surface area contributed by atoms with E-state index in [0.29, 0.717) is 32.8 Å². The van der Waals surface area contributed by atoms with Crippen molar-refractivity contribution in [3.05, 3.63) is 29.3 Å². The molecule has 7 heteroatoms. The van der Waals surface area contributed by atoms with Crippen molar-refractivity contribution in [2.45, 2.75) is 58.7 Å². The molecular formula is C21H35ClN2O4. The van der Waals surface area contributed by atoms with Gasteiger partial charge in [0.15, 0.2) is 0 Å². The van der Waals surface area contributed by atoms with E-state index in [4.69, 9.17) is 19.9 Å². The first-order valence-electron chi connectivity index (χ1n) is 9.66. The van der Waals surface area contributed by atoms with Crippen LogP contribution >= 0.6 is 12.4 Å². The molecule has 3 N–H and O–H groups in total. The van der Waals surface area contributed by atoms with Crippen LogP contribution < -0.4 is 15.8 Å². The maximum absolute atomic E-state index is 12.8. The molecule has 0 aliphatic heterocycles. The smallest absolute Gasteiger partial charge is 0.241 e. The lowest BCUT2D eigenvalue weighted by molar-refractivity contribution is -0.170. The average Bonchev–Trinajstić information content (AvgIpc) is 2.63. The standard InChI is InChI=1S/C21H34N2O4.ClH/c1-6-26-18-13-21(22,20(18,3)4)19(24)23-14-16-9-8-15(2)12-17(16)27-11-7-10-25-5;/h8-9,12,18H,6-7,10-11,13-14,22H2,1-5H3,(H,23,24);1H. The van der Waals surface area contributed by atoms with Crippen LogP contribution in [0.25, 0.3) is 0 Å². The number of ether oxygens (including phenoxy) is 3. The fraction of sp³-hybridized carbons (Fsp3) is 0.667. The van der Waals surface area contributed by atoms with Crippen molar-refractivity contribution in [2.75, 3.05) is 26.9 Å². The molecule has 160 valence electrons. The van der Waals surface area contributed by atoms with Crippen LogP contribution in [0, 0.1) is 12.3 Å². The van der Waals surface area contributed by atoms with Gasteiger partial charge < -0.3 is 25.3 Å². The van der Waals surface area contributed by atoms with Crippen LogP contribution in [-0.4, -0.2) is 44.5 Å². The Morgan fingerprint density at radius 3 is 2.64 bits per heavy atom. The van der Waals surface area contributed by atoms with Crippen LogP contribution in [0.1, 0.15) is 44.7 Å². The first kappa shape index (κ1) is 24.7. The van der Waals surface area contributed by atoms with E-state index in [1.54, 1.807) is 7.11 Å². The zero-order valence-corrected chi connectivity index (χ0v) is 18.5. The topological polar surface area (TPSA) is 82.8 Å². The summed E-state index contributed by atoms with van der Waals surface area (Å²) in [5, 5.41) is 3.00. The summed E-state index contributed by atoms with van der Waals surface area (Å²) in [6, 6.07) is 5.99.